The number of fused-ring (bicyclic) bond motifs is 2. The third kappa shape index (κ3) is 3.62. The van der Waals surface area contributed by atoms with Crippen LogP contribution in [-0.4, -0.2) is 36.0 Å². The second-order valence-corrected chi connectivity index (χ2v) is 9.89. The molecule has 0 bridgehead atoms. The van der Waals surface area contributed by atoms with E-state index in [1.165, 1.54) is 6.07 Å². The number of halogens is 1. The van der Waals surface area contributed by atoms with Gasteiger partial charge in [0.2, 0.25) is 5.91 Å². The number of H-pyrrole nitrogens is 2. The first-order valence-corrected chi connectivity index (χ1v) is 12.3. The van der Waals surface area contributed by atoms with Gasteiger partial charge in [-0.1, -0.05) is 0 Å². The van der Waals surface area contributed by atoms with Crippen LogP contribution in [0, 0.1) is 11.0 Å². The van der Waals surface area contributed by atoms with Crippen molar-refractivity contribution in [3.63, 3.8) is 0 Å². The highest BCUT2D eigenvalue weighted by Crippen LogP contribution is 2.36. The van der Waals surface area contributed by atoms with Crippen molar-refractivity contribution in [1.82, 2.24) is 30.1 Å². The van der Waals surface area contributed by atoms with E-state index in [4.69, 9.17) is 0 Å². The second-order valence-electron chi connectivity index (χ2n) is 8.85. The van der Waals surface area contributed by atoms with Crippen LogP contribution in [0.2, 0.25) is 0 Å². The first-order valence-electron chi connectivity index (χ1n) is 11.5. The number of nitrogens with zero attached hydrogens (tertiary/aromatic N) is 4. The fraction of sp³-hybridized carbons (Fsp3) is 0.115. The Bertz CT molecular complexity index is 1780. The van der Waals surface area contributed by atoms with Gasteiger partial charge in [0, 0.05) is 56.8 Å². The maximum atomic E-state index is 13.7. The molecule has 0 aliphatic heterocycles. The predicted octanol–water partition coefficient (Wildman–Crippen LogP) is 5.78. The molecule has 1 fully saturated rings. The molecule has 1 aliphatic carbocycles. The molecule has 1 amide bonds. The molecule has 0 spiro atoms. The summed E-state index contributed by atoms with van der Waals surface area (Å²) >= 11 is 1.09. The minimum atomic E-state index is -0.236. The summed E-state index contributed by atoms with van der Waals surface area (Å²) in [5.41, 5.74) is 6.21. The number of hydrogen-bond donors (Lipinski definition) is 3. The van der Waals surface area contributed by atoms with Gasteiger partial charge in [0.25, 0.3) is 0 Å². The van der Waals surface area contributed by atoms with Gasteiger partial charge in [-0.25, -0.2) is 4.98 Å². The lowest BCUT2D eigenvalue weighted by atomic mass is 10.1. The number of thiophene rings is 1. The number of carbonyl (C=O) groups excluding carboxylic acids is 1. The van der Waals surface area contributed by atoms with E-state index in [1.807, 2.05) is 18.2 Å². The van der Waals surface area contributed by atoms with Crippen LogP contribution in [0.3, 0.4) is 0 Å². The molecule has 8 nitrogen and oxygen atoms in total. The van der Waals surface area contributed by atoms with Crippen LogP contribution in [0.25, 0.3) is 54.9 Å². The van der Waals surface area contributed by atoms with Crippen molar-refractivity contribution in [2.75, 3.05) is 5.32 Å². The Kier molecular flexibility index (Phi) is 4.68. The van der Waals surface area contributed by atoms with Gasteiger partial charge in [-0.05, 0) is 43.2 Å². The Morgan fingerprint density at radius 2 is 1.86 bits per heavy atom. The highest BCUT2D eigenvalue weighted by atomic mass is 32.1. The van der Waals surface area contributed by atoms with E-state index >= 15 is 0 Å². The maximum Gasteiger partial charge on any atom is 0.227 e. The van der Waals surface area contributed by atoms with E-state index in [-0.39, 0.29) is 17.0 Å². The van der Waals surface area contributed by atoms with E-state index in [2.05, 4.69) is 35.5 Å². The summed E-state index contributed by atoms with van der Waals surface area (Å²) < 4.78 is 13.7. The second kappa shape index (κ2) is 8.06. The lowest BCUT2D eigenvalue weighted by Gasteiger charge is -2.07. The number of aromatic nitrogens is 6. The molecule has 7 rings (SSSR count). The first kappa shape index (κ1) is 20.9. The largest absolute Gasteiger partial charge is 0.352 e. The summed E-state index contributed by atoms with van der Waals surface area (Å²) in [6.45, 7) is 0. The number of rotatable bonds is 5. The van der Waals surface area contributed by atoms with Gasteiger partial charge in [0.15, 0.2) is 10.8 Å². The number of aromatic amines is 2. The summed E-state index contributed by atoms with van der Waals surface area (Å²) in [7, 11) is 0. The Hall–Kier alpha value is -4.44. The van der Waals surface area contributed by atoms with Crippen molar-refractivity contribution < 1.29 is 9.18 Å². The van der Waals surface area contributed by atoms with Crippen LogP contribution >= 0.6 is 11.3 Å². The molecule has 3 N–H and O–H groups in total. The van der Waals surface area contributed by atoms with Crippen LogP contribution in [-0.2, 0) is 4.79 Å². The normalized spacial score (nSPS) is 13.5. The molecule has 6 aromatic rings. The third-order valence-electron chi connectivity index (χ3n) is 6.34. The van der Waals surface area contributed by atoms with Gasteiger partial charge in [0.1, 0.15) is 5.69 Å². The maximum absolute atomic E-state index is 13.7. The zero-order valence-electron chi connectivity index (χ0n) is 18.7. The van der Waals surface area contributed by atoms with Gasteiger partial charge in [-0.2, -0.15) is 9.49 Å². The van der Waals surface area contributed by atoms with Gasteiger partial charge in [-0.15, -0.1) is 11.3 Å². The smallest absolute Gasteiger partial charge is 0.227 e. The number of pyridine rings is 3. The molecule has 36 heavy (non-hydrogen) atoms. The van der Waals surface area contributed by atoms with Crippen molar-refractivity contribution in [3.05, 3.63) is 66.4 Å². The Morgan fingerprint density at radius 3 is 2.69 bits per heavy atom. The SMILES string of the molecule is O=C(Nc1cncc(-c2cnc3[nH]nc(-c4cc5c(-c6ccc(F)s6)cncc5[nH]4)c3c2)c1)C1CC1. The van der Waals surface area contributed by atoms with Crippen LogP contribution in [0.5, 0.6) is 0 Å². The zero-order valence-corrected chi connectivity index (χ0v) is 19.6. The monoisotopic (exact) mass is 495 g/mol. The summed E-state index contributed by atoms with van der Waals surface area (Å²) in [6, 6.07) is 9.13. The molecule has 0 radical (unpaired) electrons. The Labute approximate surface area is 207 Å². The standard InChI is InChI=1S/C26H18FN7OS/c27-23-4-3-22(36-23)19-11-29-12-21-17(19)7-20(32-21)24-18-6-15(9-30-25(18)34-33-24)14-5-16(10-28-8-14)31-26(35)13-1-2-13/h3-13,32H,1-2H2,(H,31,35)(H,30,33,34). The Morgan fingerprint density at radius 1 is 1.00 bits per heavy atom. The molecule has 0 unspecified atom stereocenters. The highest BCUT2D eigenvalue weighted by Gasteiger charge is 2.29. The quantitative estimate of drug-likeness (QED) is 0.281. The van der Waals surface area contributed by atoms with Crippen molar-refractivity contribution >= 4 is 44.9 Å². The highest BCUT2D eigenvalue weighted by molar-refractivity contribution is 7.14. The third-order valence-corrected chi connectivity index (χ3v) is 7.25. The number of nitrogens with one attached hydrogen (secondary N) is 3. The van der Waals surface area contributed by atoms with E-state index in [9.17, 15) is 9.18 Å². The zero-order chi connectivity index (χ0) is 24.2. The lowest BCUT2D eigenvalue weighted by molar-refractivity contribution is -0.117. The van der Waals surface area contributed by atoms with Crippen LogP contribution in [0.15, 0.2) is 61.3 Å². The van der Waals surface area contributed by atoms with Crippen molar-refractivity contribution in [2.24, 2.45) is 5.92 Å². The molecule has 0 aromatic carbocycles. The number of amides is 1. The molecule has 10 heteroatoms. The van der Waals surface area contributed by atoms with E-state index in [0.29, 0.717) is 17.0 Å². The topological polar surface area (TPSA) is 112 Å². The van der Waals surface area contributed by atoms with Crippen LogP contribution in [0.4, 0.5) is 10.1 Å². The van der Waals surface area contributed by atoms with Crippen molar-refractivity contribution in [1.29, 1.82) is 0 Å². The van der Waals surface area contributed by atoms with Crippen LogP contribution < -0.4 is 5.32 Å². The molecular weight excluding hydrogens is 477 g/mol. The molecular formula is C26H18FN7OS. The average molecular weight is 496 g/mol. The van der Waals surface area contributed by atoms with E-state index < -0.39 is 0 Å². The molecule has 176 valence electrons. The summed E-state index contributed by atoms with van der Waals surface area (Å²) in [4.78, 5) is 29.6. The Balaban J connectivity index is 1.28. The van der Waals surface area contributed by atoms with E-state index in [1.54, 1.807) is 37.1 Å². The lowest BCUT2D eigenvalue weighted by Crippen LogP contribution is -2.13. The molecule has 6 aromatic heterocycles. The van der Waals surface area contributed by atoms with Gasteiger partial charge < -0.3 is 10.3 Å². The molecule has 0 atom stereocenters. The molecule has 1 aliphatic rings. The van der Waals surface area contributed by atoms with E-state index in [0.717, 1.165) is 67.7 Å². The van der Waals surface area contributed by atoms with Gasteiger partial charge >= 0.3 is 0 Å². The summed E-state index contributed by atoms with van der Waals surface area (Å²) in [6.07, 6.45) is 10.5. The van der Waals surface area contributed by atoms with Crippen molar-refractivity contribution in [2.45, 2.75) is 12.8 Å². The van der Waals surface area contributed by atoms with Crippen molar-refractivity contribution in [3.8, 4) is 33.0 Å². The number of carbonyl (C=O) groups is 1. The van der Waals surface area contributed by atoms with Gasteiger partial charge in [-0.3, -0.25) is 19.9 Å². The minimum Gasteiger partial charge on any atom is -0.352 e. The summed E-state index contributed by atoms with van der Waals surface area (Å²) in [5.74, 6) is 0.156. The fourth-order valence-corrected chi connectivity index (χ4v) is 5.11. The summed E-state index contributed by atoms with van der Waals surface area (Å²) in [5, 5.41) is 12.0. The molecule has 1 saturated carbocycles. The average Bonchev–Trinajstić information content (AvgIpc) is 3.30. The first-order chi connectivity index (χ1) is 17.6. The fourth-order valence-electron chi connectivity index (χ4n) is 4.36. The van der Waals surface area contributed by atoms with Gasteiger partial charge in [0.05, 0.1) is 29.3 Å². The number of anilines is 1. The minimum absolute atomic E-state index is 0.0394. The number of hydrogen-bond acceptors (Lipinski definition) is 6. The predicted molar refractivity (Wildman–Crippen MR) is 137 cm³/mol. The molecule has 0 saturated heterocycles. The molecule has 6 heterocycles. The van der Waals surface area contributed by atoms with Crippen LogP contribution in [0.1, 0.15) is 12.8 Å².